The summed E-state index contributed by atoms with van der Waals surface area (Å²) in [6, 6.07) is 16.2. The molecule has 0 aliphatic carbocycles. The van der Waals surface area contributed by atoms with E-state index in [4.69, 9.17) is 0 Å². The molecule has 0 saturated carbocycles. The number of benzene rings is 2. The predicted octanol–water partition coefficient (Wildman–Crippen LogP) is 2.66. The molecule has 3 N–H and O–H groups in total. The number of nitrogens with one attached hydrogen (secondary N) is 2. The van der Waals surface area contributed by atoms with Crippen molar-refractivity contribution in [1.29, 1.82) is 0 Å². The number of rotatable bonds is 8. The Hall–Kier alpha value is -4.11. The average molecular weight is 444 g/mol. The Morgan fingerprint density at radius 3 is 2.73 bits per heavy atom. The normalized spacial score (nSPS) is 11.7. The number of anilines is 1. The van der Waals surface area contributed by atoms with Crippen LogP contribution in [-0.2, 0) is 13.6 Å². The first-order chi connectivity index (χ1) is 16.0. The highest BCUT2D eigenvalue weighted by atomic mass is 16.3. The van der Waals surface area contributed by atoms with Crippen LogP contribution in [0, 0.1) is 6.92 Å². The molecule has 2 heterocycles. The second kappa shape index (κ2) is 10.0. The van der Waals surface area contributed by atoms with E-state index in [2.05, 4.69) is 30.8 Å². The third-order valence-corrected chi connectivity index (χ3v) is 5.28. The molecule has 4 rings (SSSR count). The van der Waals surface area contributed by atoms with Gasteiger partial charge in [0.2, 0.25) is 0 Å². The maximum absolute atomic E-state index is 12.8. The van der Waals surface area contributed by atoms with Crippen molar-refractivity contribution >= 4 is 11.6 Å². The molecule has 0 saturated heterocycles. The Morgan fingerprint density at radius 2 is 1.97 bits per heavy atom. The minimum Gasteiger partial charge on any atom is -0.394 e. The maximum Gasteiger partial charge on any atom is 0.251 e. The Kier molecular flexibility index (Phi) is 6.70. The zero-order valence-corrected chi connectivity index (χ0v) is 18.4. The monoisotopic (exact) mass is 443 g/mol. The Morgan fingerprint density at radius 1 is 1.12 bits per heavy atom. The standard InChI is InChI=1S/C24H25N7O2/c1-16-5-3-6-17(11-16)21(14-32)28-24(33)18-7-4-8-19(12-18)26-13-22-29-30-23(31(22)2)20-9-10-25-15-27-20/h3-12,15,21,26,32H,13-14H2,1-2H3,(H,28,33). The van der Waals surface area contributed by atoms with E-state index in [9.17, 15) is 9.90 Å². The molecule has 9 heteroatoms. The van der Waals surface area contributed by atoms with Gasteiger partial charge in [0.1, 0.15) is 12.0 Å². The van der Waals surface area contributed by atoms with Gasteiger partial charge in [0.05, 0.1) is 19.2 Å². The SMILES string of the molecule is Cc1cccc(C(CO)NC(=O)c2cccc(NCc3nnc(-c4ccncn4)n3C)c2)c1. The summed E-state index contributed by atoms with van der Waals surface area (Å²) in [6.45, 7) is 2.21. The van der Waals surface area contributed by atoms with Gasteiger partial charge in [-0.2, -0.15) is 0 Å². The van der Waals surface area contributed by atoms with E-state index < -0.39 is 6.04 Å². The lowest BCUT2D eigenvalue weighted by Crippen LogP contribution is -2.30. The van der Waals surface area contributed by atoms with E-state index in [0.717, 1.165) is 22.6 Å². The lowest BCUT2D eigenvalue weighted by Gasteiger charge is -2.17. The first-order valence-corrected chi connectivity index (χ1v) is 10.5. The number of nitrogens with zero attached hydrogens (tertiary/aromatic N) is 5. The lowest BCUT2D eigenvalue weighted by molar-refractivity contribution is 0.0916. The third kappa shape index (κ3) is 5.21. The van der Waals surface area contributed by atoms with Gasteiger partial charge in [0.15, 0.2) is 11.6 Å². The first kappa shape index (κ1) is 22.1. The minimum atomic E-state index is -0.479. The molecule has 1 unspecified atom stereocenters. The number of aryl methyl sites for hydroxylation is 1. The number of hydrogen-bond donors (Lipinski definition) is 3. The molecule has 168 valence electrons. The Balaban J connectivity index is 1.43. The smallest absolute Gasteiger partial charge is 0.251 e. The third-order valence-electron chi connectivity index (χ3n) is 5.28. The van der Waals surface area contributed by atoms with Gasteiger partial charge in [-0.05, 0) is 36.8 Å². The second-order valence-corrected chi connectivity index (χ2v) is 7.65. The van der Waals surface area contributed by atoms with Crippen LogP contribution >= 0.6 is 0 Å². The summed E-state index contributed by atoms with van der Waals surface area (Å²) >= 11 is 0. The van der Waals surface area contributed by atoms with E-state index in [1.54, 1.807) is 30.5 Å². The minimum absolute atomic E-state index is 0.187. The molecule has 9 nitrogen and oxygen atoms in total. The van der Waals surface area contributed by atoms with Crippen molar-refractivity contribution < 1.29 is 9.90 Å². The molecule has 0 bridgehead atoms. The van der Waals surface area contributed by atoms with E-state index in [1.165, 1.54) is 6.33 Å². The van der Waals surface area contributed by atoms with Crippen LogP contribution in [0.4, 0.5) is 5.69 Å². The molecule has 0 aliphatic rings. The molecule has 1 atom stereocenters. The number of amides is 1. The van der Waals surface area contributed by atoms with Gasteiger partial charge in [-0.15, -0.1) is 10.2 Å². The molecule has 4 aromatic rings. The number of aliphatic hydroxyl groups is 1. The van der Waals surface area contributed by atoms with Gasteiger partial charge < -0.3 is 20.3 Å². The van der Waals surface area contributed by atoms with Gasteiger partial charge in [0, 0.05) is 24.5 Å². The van der Waals surface area contributed by atoms with Crippen molar-refractivity contribution in [2.24, 2.45) is 7.05 Å². The molecule has 0 fully saturated rings. The summed E-state index contributed by atoms with van der Waals surface area (Å²) in [5.41, 5.74) is 3.88. The highest BCUT2D eigenvalue weighted by molar-refractivity contribution is 5.95. The van der Waals surface area contributed by atoms with E-state index in [0.29, 0.717) is 23.6 Å². The second-order valence-electron chi connectivity index (χ2n) is 7.65. The van der Waals surface area contributed by atoms with Crippen LogP contribution in [0.2, 0.25) is 0 Å². The molecule has 33 heavy (non-hydrogen) atoms. The van der Waals surface area contributed by atoms with Gasteiger partial charge in [-0.25, -0.2) is 9.97 Å². The summed E-state index contributed by atoms with van der Waals surface area (Å²) in [4.78, 5) is 21.0. The molecule has 1 amide bonds. The maximum atomic E-state index is 12.8. The fourth-order valence-corrected chi connectivity index (χ4v) is 3.48. The highest BCUT2D eigenvalue weighted by Crippen LogP contribution is 2.18. The summed E-state index contributed by atoms with van der Waals surface area (Å²) in [7, 11) is 1.87. The van der Waals surface area contributed by atoms with Crippen LogP contribution < -0.4 is 10.6 Å². The van der Waals surface area contributed by atoms with Gasteiger partial charge in [0.25, 0.3) is 5.91 Å². The number of aromatic nitrogens is 5. The van der Waals surface area contributed by atoms with Gasteiger partial charge in [-0.3, -0.25) is 4.79 Å². The number of carbonyl (C=O) groups excluding carboxylic acids is 1. The van der Waals surface area contributed by atoms with Crippen molar-refractivity contribution in [2.45, 2.75) is 19.5 Å². The fourth-order valence-electron chi connectivity index (χ4n) is 3.48. The molecule has 0 spiro atoms. The van der Waals surface area contributed by atoms with Crippen LogP contribution in [0.15, 0.2) is 67.1 Å². The van der Waals surface area contributed by atoms with E-state index >= 15 is 0 Å². The highest BCUT2D eigenvalue weighted by Gasteiger charge is 2.16. The van der Waals surface area contributed by atoms with Crippen LogP contribution in [0.1, 0.15) is 33.4 Å². The van der Waals surface area contributed by atoms with Gasteiger partial charge in [-0.1, -0.05) is 35.9 Å². The predicted molar refractivity (Wildman–Crippen MR) is 124 cm³/mol. The molecular weight excluding hydrogens is 418 g/mol. The lowest BCUT2D eigenvalue weighted by atomic mass is 10.0. The summed E-state index contributed by atoms with van der Waals surface area (Å²) in [6.07, 6.45) is 3.13. The zero-order chi connectivity index (χ0) is 23.2. The van der Waals surface area contributed by atoms with Crippen molar-refractivity contribution in [3.05, 3.63) is 89.6 Å². The van der Waals surface area contributed by atoms with Crippen molar-refractivity contribution in [3.63, 3.8) is 0 Å². The molecule has 2 aromatic heterocycles. The van der Waals surface area contributed by atoms with Crippen molar-refractivity contribution in [2.75, 3.05) is 11.9 Å². The fraction of sp³-hybridized carbons (Fsp3) is 0.208. The summed E-state index contributed by atoms with van der Waals surface area (Å²) < 4.78 is 1.86. The van der Waals surface area contributed by atoms with E-state index in [1.807, 2.05) is 48.9 Å². The quantitative estimate of drug-likeness (QED) is 0.383. The molecular formula is C24H25N7O2. The summed E-state index contributed by atoms with van der Waals surface area (Å²) in [5, 5.41) is 24.4. The Labute approximate surface area is 191 Å². The van der Waals surface area contributed by atoms with Crippen LogP contribution in [0.25, 0.3) is 11.5 Å². The number of aliphatic hydroxyl groups excluding tert-OH is 1. The number of hydrogen-bond acceptors (Lipinski definition) is 7. The van der Waals surface area contributed by atoms with Crippen LogP contribution in [-0.4, -0.2) is 42.4 Å². The first-order valence-electron chi connectivity index (χ1n) is 10.5. The van der Waals surface area contributed by atoms with Crippen molar-refractivity contribution in [3.8, 4) is 11.5 Å². The molecule has 0 aliphatic heterocycles. The van der Waals surface area contributed by atoms with E-state index in [-0.39, 0.29) is 12.5 Å². The Bertz CT molecular complexity index is 1240. The zero-order valence-electron chi connectivity index (χ0n) is 18.4. The molecule has 0 radical (unpaired) electrons. The van der Waals surface area contributed by atoms with Crippen LogP contribution in [0.5, 0.6) is 0 Å². The van der Waals surface area contributed by atoms with Crippen molar-refractivity contribution in [1.82, 2.24) is 30.0 Å². The average Bonchev–Trinajstić information content (AvgIpc) is 3.22. The topological polar surface area (TPSA) is 118 Å². The van der Waals surface area contributed by atoms with Crippen LogP contribution in [0.3, 0.4) is 0 Å². The van der Waals surface area contributed by atoms with Gasteiger partial charge >= 0.3 is 0 Å². The number of carbonyl (C=O) groups is 1. The summed E-state index contributed by atoms with van der Waals surface area (Å²) in [5.74, 6) is 1.11. The molecule has 2 aromatic carbocycles. The largest absolute Gasteiger partial charge is 0.394 e.